The fraction of sp³-hybridized carbons (Fsp3) is 0.143. The summed E-state index contributed by atoms with van der Waals surface area (Å²) >= 11 is 17.3. The van der Waals surface area contributed by atoms with Crippen LogP contribution >= 0.6 is 59.4 Å². The van der Waals surface area contributed by atoms with Crippen LogP contribution in [0.3, 0.4) is 0 Å². The van der Waals surface area contributed by atoms with Crippen molar-refractivity contribution in [1.82, 2.24) is 0 Å². The molecule has 2 rings (SSSR count). The lowest BCUT2D eigenvalue weighted by Gasteiger charge is -2.15. The molecule has 0 nitrogen and oxygen atoms in total. The Labute approximate surface area is 137 Å². The molecule has 0 aliphatic heterocycles. The van der Waals surface area contributed by atoms with Crippen LogP contribution in [0.5, 0.6) is 0 Å². The number of alkyl halides is 1. The zero-order valence-electron chi connectivity index (χ0n) is 9.55. The van der Waals surface area contributed by atoms with Crippen LogP contribution < -0.4 is 0 Å². The first-order chi connectivity index (χ1) is 8.50. The minimum absolute atomic E-state index is 0.188. The molecule has 0 saturated carbocycles. The van der Waals surface area contributed by atoms with Gasteiger partial charge in [0.05, 0.1) is 5.38 Å². The van der Waals surface area contributed by atoms with Crippen molar-refractivity contribution >= 4 is 59.4 Å². The number of benzene rings is 2. The van der Waals surface area contributed by atoms with E-state index in [1.807, 2.05) is 24.3 Å². The summed E-state index contributed by atoms with van der Waals surface area (Å²) in [7, 11) is 0. The van der Waals surface area contributed by atoms with Crippen LogP contribution in [0.1, 0.15) is 22.1 Å². The second kappa shape index (κ2) is 6.08. The molecule has 0 aliphatic rings. The standard InChI is InChI=1S/C14H10Br3Cl/c1-8-6-13(17)10(7-12(8)16)14(18)9-4-2-3-5-11(9)15/h2-7,14H,1H3. The van der Waals surface area contributed by atoms with Gasteiger partial charge in [0, 0.05) is 13.4 Å². The smallest absolute Gasteiger partial charge is 0.0857 e. The van der Waals surface area contributed by atoms with Crippen molar-refractivity contribution in [2.24, 2.45) is 0 Å². The van der Waals surface area contributed by atoms with Crippen LogP contribution in [0.15, 0.2) is 49.8 Å². The van der Waals surface area contributed by atoms with E-state index in [4.69, 9.17) is 11.6 Å². The third kappa shape index (κ3) is 3.01. The summed E-state index contributed by atoms with van der Waals surface area (Å²) in [4.78, 5) is 0. The van der Waals surface area contributed by atoms with E-state index in [9.17, 15) is 0 Å². The average Bonchev–Trinajstić information content (AvgIpc) is 2.33. The number of hydrogen-bond donors (Lipinski definition) is 0. The van der Waals surface area contributed by atoms with E-state index >= 15 is 0 Å². The normalized spacial score (nSPS) is 12.5. The summed E-state index contributed by atoms with van der Waals surface area (Å²) in [6.07, 6.45) is 0. The molecule has 0 amide bonds. The molecule has 2 aromatic carbocycles. The molecule has 0 fully saturated rings. The predicted octanol–water partition coefficient (Wildman–Crippen LogP) is 6.61. The first kappa shape index (κ1) is 14.6. The Morgan fingerprint density at radius 3 is 2.22 bits per heavy atom. The quantitative estimate of drug-likeness (QED) is 0.449. The van der Waals surface area contributed by atoms with Crippen molar-refractivity contribution in [1.29, 1.82) is 0 Å². The Bertz CT molecular complexity index is 581. The van der Waals surface area contributed by atoms with Gasteiger partial charge in [-0.25, -0.2) is 0 Å². The van der Waals surface area contributed by atoms with Gasteiger partial charge in [-0.1, -0.05) is 66.0 Å². The van der Waals surface area contributed by atoms with Crippen LogP contribution in [-0.4, -0.2) is 0 Å². The largest absolute Gasteiger partial charge is 0.113 e. The first-order valence-electron chi connectivity index (χ1n) is 5.34. The van der Waals surface area contributed by atoms with Crippen molar-refractivity contribution < 1.29 is 0 Å². The van der Waals surface area contributed by atoms with Gasteiger partial charge >= 0.3 is 0 Å². The minimum Gasteiger partial charge on any atom is -0.113 e. The topological polar surface area (TPSA) is 0 Å². The van der Waals surface area contributed by atoms with Crippen LogP contribution in [0, 0.1) is 6.92 Å². The molecule has 1 unspecified atom stereocenters. The lowest BCUT2D eigenvalue weighted by atomic mass is 10.0. The van der Waals surface area contributed by atoms with Gasteiger partial charge in [0.2, 0.25) is 0 Å². The van der Waals surface area contributed by atoms with E-state index in [1.54, 1.807) is 0 Å². The Morgan fingerprint density at radius 2 is 1.56 bits per heavy atom. The fourth-order valence-electron chi connectivity index (χ4n) is 1.70. The number of rotatable bonds is 2. The van der Waals surface area contributed by atoms with Gasteiger partial charge in [-0.3, -0.25) is 0 Å². The molecule has 18 heavy (non-hydrogen) atoms. The van der Waals surface area contributed by atoms with Crippen molar-refractivity contribution in [2.45, 2.75) is 12.3 Å². The highest BCUT2D eigenvalue weighted by Gasteiger charge is 2.17. The highest BCUT2D eigenvalue weighted by atomic mass is 79.9. The van der Waals surface area contributed by atoms with E-state index in [0.29, 0.717) is 0 Å². The lowest BCUT2D eigenvalue weighted by molar-refractivity contribution is 1.11. The molecular formula is C14H10Br3Cl. The SMILES string of the molecule is Cc1cc(Br)c(C(Cl)c2ccccc2Br)cc1Br. The van der Waals surface area contributed by atoms with E-state index in [2.05, 4.69) is 66.8 Å². The Hall–Kier alpha value is 0.170. The predicted molar refractivity (Wildman–Crippen MR) is 88.4 cm³/mol. The van der Waals surface area contributed by atoms with Gasteiger partial charge in [-0.15, -0.1) is 11.6 Å². The third-order valence-electron chi connectivity index (χ3n) is 2.73. The summed E-state index contributed by atoms with van der Waals surface area (Å²) in [5.74, 6) is 0. The highest BCUT2D eigenvalue weighted by Crippen LogP contribution is 2.39. The maximum Gasteiger partial charge on any atom is 0.0857 e. The Balaban J connectivity index is 2.50. The van der Waals surface area contributed by atoms with Gasteiger partial charge in [-0.2, -0.15) is 0 Å². The van der Waals surface area contributed by atoms with Gasteiger partial charge in [-0.05, 0) is 41.8 Å². The highest BCUT2D eigenvalue weighted by molar-refractivity contribution is 9.11. The monoisotopic (exact) mass is 450 g/mol. The molecule has 2 aromatic rings. The zero-order chi connectivity index (χ0) is 13.3. The summed E-state index contributed by atoms with van der Waals surface area (Å²) in [6.45, 7) is 2.06. The molecule has 0 bridgehead atoms. The van der Waals surface area contributed by atoms with Gasteiger partial charge in [0.1, 0.15) is 0 Å². The van der Waals surface area contributed by atoms with E-state index in [-0.39, 0.29) is 5.38 Å². The fourth-order valence-corrected chi connectivity index (χ4v) is 3.90. The number of hydrogen-bond acceptors (Lipinski definition) is 0. The molecule has 0 spiro atoms. The molecule has 0 aliphatic carbocycles. The molecule has 0 heterocycles. The molecule has 0 radical (unpaired) electrons. The van der Waals surface area contributed by atoms with Crippen molar-refractivity contribution in [3.8, 4) is 0 Å². The number of aryl methyl sites for hydroxylation is 1. The Morgan fingerprint density at radius 1 is 0.889 bits per heavy atom. The van der Waals surface area contributed by atoms with E-state index in [0.717, 1.165) is 24.5 Å². The van der Waals surface area contributed by atoms with Crippen molar-refractivity contribution in [2.75, 3.05) is 0 Å². The first-order valence-corrected chi connectivity index (χ1v) is 8.16. The molecule has 94 valence electrons. The molecule has 0 aromatic heterocycles. The maximum absolute atomic E-state index is 6.59. The zero-order valence-corrected chi connectivity index (χ0v) is 15.1. The molecule has 0 N–H and O–H groups in total. The van der Waals surface area contributed by atoms with Gasteiger partial charge in [0.25, 0.3) is 0 Å². The lowest BCUT2D eigenvalue weighted by Crippen LogP contribution is -1.96. The van der Waals surface area contributed by atoms with Gasteiger partial charge in [0.15, 0.2) is 0 Å². The van der Waals surface area contributed by atoms with Crippen molar-refractivity contribution in [3.05, 3.63) is 66.5 Å². The Kier molecular flexibility index (Phi) is 4.92. The van der Waals surface area contributed by atoms with E-state index in [1.165, 1.54) is 5.56 Å². The van der Waals surface area contributed by atoms with Gasteiger partial charge < -0.3 is 0 Å². The van der Waals surface area contributed by atoms with Crippen LogP contribution in [0.25, 0.3) is 0 Å². The van der Waals surface area contributed by atoms with Crippen LogP contribution in [0.4, 0.5) is 0 Å². The summed E-state index contributed by atoms with van der Waals surface area (Å²) < 4.78 is 3.12. The molecule has 0 saturated heterocycles. The van der Waals surface area contributed by atoms with Crippen LogP contribution in [-0.2, 0) is 0 Å². The second-order valence-electron chi connectivity index (χ2n) is 4.01. The molecular weight excluding hydrogens is 443 g/mol. The average molecular weight is 453 g/mol. The maximum atomic E-state index is 6.59. The number of halogens is 4. The minimum atomic E-state index is -0.188. The summed E-state index contributed by atoms with van der Waals surface area (Å²) in [6, 6.07) is 12.1. The van der Waals surface area contributed by atoms with Crippen molar-refractivity contribution in [3.63, 3.8) is 0 Å². The van der Waals surface area contributed by atoms with E-state index < -0.39 is 0 Å². The second-order valence-corrected chi connectivity index (χ2v) is 7.01. The molecule has 4 heteroatoms. The third-order valence-corrected chi connectivity index (χ3v) is 5.46. The summed E-state index contributed by atoms with van der Waals surface area (Å²) in [5, 5.41) is -0.188. The summed E-state index contributed by atoms with van der Waals surface area (Å²) in [5.41, 5.74) is 3.30. The molecule has 1 atom stereocenters. The van der Waals surface area contributed by atoms with Crippen LogP contribution in [0.2, 0.25) is 0 Å².